The van der Waals surface area contributed by atoms with E-state index in [0.717, 1.165) is 31.5 Å². The lowest BCUT2D eigenvalue weighted by Gasteiger charge is -2.15. The van der Waals surface area contributed by atoms with E-state index in [0.29, 0.717) is 11.7 Å². The van der Waals surface area contributed by atoms with E-state index in [1.165, 1.54) is 6.07 Å². The Labute approximate surface area is 92.9 Å². The number of aliphatic hydroxyl groups is 1. The van der Waals surface area contributed by atoms with Crippen molar-refractivity contribution in [2.24, 2.45) is 0 Å². The minimum atomic E-state index is -0.221. The van der Waals surface area contributed by atoms with Gasteiger partial charge in [-0.3, -0.25) is 4.79 Å². The SMILES string of the molecule is O=c1cc(NC2(CO)CC2)nc(C2CC2)[nH]1. The molecule has 86 valence electrons. The van der Waals surface area contributed by atoms with Gasteiger partial charge in [0.2, 0.25) is 0 Å². The van der Waals surface area contributed by atoms with E-state index in [-0.39, 0.29) is 17.7 Å². The number of H-pyrrole nitrogens is 1. The molecular weight excluding hydrogens is 206 g/mol. The second-order valence-electron chi connectivity index (χ2n) is 4.85. The number of aromatic nitrogens is 2. The molecule has 0 saturated heterocycles. The second kappa shape index (κ2) is 3.31. The van der Waals surface area contributed by atoms with E-state index >= 15 is 0 Å². The molecule has 5 nitrogen and oxygen atoms in total. The molecule has 0 amide bonds. The van der Waals surface area contributed by atoms with Crippen molar-refractivity contribution in [3.63, 3.8) is 0 Å². The average molecular weight is 221 g/mol. The molecule has 3 rings (SSSR count). The first kappa shape index (κ1) is 9.84. The van der Waals surface area contributed by atoms with Crippen molar-refractivity contribution >= 4 is 5.82 Å². The zero-order chi connectivity index (χ0) is 11.2. The number of aliphatic hydroxyl groups excluding tert-OH is 1. The van der Waals surface area contributed by atoms with Gasteiger partial charge in [-0.25, -0.2) is 4.98 Å². The maximum atomic E-state index is 11.4. The molecule has 2 aliphatic rings. The number of anilines is 1. The van der Waals surface area contributed by atoms with Gasteiger partial charge < -0.3 is 15.4 Å². The zero-order valence-corrected chi connectivity index (χ0v) is 8.99. The summed E-state index contributed by atoms with van der Waals surface area (Å²) in [7, 11) is 0. The summed E-state index contributed by atoms with van der Waals surface area (Å²) < 4.78 is 0. The van der Waals surface area contributed by atoms with E-state index in [2.05, 4.69) is 15.3 Å². The van der Waals surface area contributed by atoms with Crippen LogP contribution in [0, 0.1) is 0 Å². The molecule has 2 saturated carbocycles. The van der Waals surface area contributed by atoms with E-state index in [1.807, 2.05) is 0 Å². The van der Waals surface area contributed by atoms with Gasteiger partial charge in [-0.2, -0.15) is 0 Å². The minimum Gasteiger partial charge on any atom is -0.394 e. The van der Waals surface area contributed by atoms with E-state index in [9.17, 15) is 9.90 Å². The van der Waals surface area contributed by atoms with Crippen LogP contribution in [0.3, 0.4) is 0 Å². The fraction of sp³-hybridized carbons (Fsp3) is 0.636. The molecule has 1 aromatic rings. The highest BCUT2D eigenvalue weighted by Crippen LogP contribution is 2.40. The number of nitrogens with one attached hydrogen (secondary N) is 2. The Morgan fingerprint density at radius 2 is 2.31 bits per heavy atom. The van der Waals surface area contributed by atoms with E-state index in [4.69, 9.17) is 0 Å². The second-order valence-corrected chi connectivity index (χ2v) is 4.85. The molecule has 3 N–H and O–H groups in total. The van der Waals surface area contributed by atoms with Crippen LogP contribution in [0.1, 0.15) is 37.4 Å². The predicted octanol–water partition coefficient (Wildman–Crippen LogP) is 0.584. The van der Waals surface area contributed by atoms with Crippen LogP contribution in [-0.2, 0) is 0 Å². The Hall–Kier alpha value is -1.36. The van der Waals surface area contributed by atoms with E-state index < -0.39 is 0 Å². The first-order chi connectivity index (χ1) is 7.71. The smallest absolute Gasteiger partial charge is 0.252 e. The van der Waals surface area contributed by atoms with Crippen molar-refractivity contribution in [2.45, 2.75) is 37.1 Å². The third kappa shape index (κ3) is 1.82. The van der Waals surface area contributed by atoms with Gasteiger partial charge in [-0.15, -0.1) is 0 Å². The molecule has 2 aliphatic carbocycles. The summed E-state index contributed by atoms with van der Waals surface area (Å²) in [4.78, 5) is 18.6. The van der Waals surface area contributed by atoms with Crippen molar-refractivity contribution in [1.29, 1.82) is 0 Å². The summed E-state index contributed by atoms with van der Waals surface area (Å²) in [5.74, 6) is 1.81. The fourth-order valence-electron chi connectivity index (χ4n) is 1.84. The average Bonchev–Trinajstić information content (AvgIpc) is 3.13. The van der Waals surface area contributed by atoms with Crippen LogP contribution in [-0.4, -0.2) is 27.2 Å². The van der Waals surface area contributed by atoms with Gasteiger partial charge in [0.05, 0.1) is 12.1 Å². The number of hydrogen-bond donors (Lipinski definition) is 3. The van der Waals surface area contributed by atoms with Gasteiger partial charge in [-0.1, -0.05) is 0 Å². The topological polar surface area (TPSA) is 78.0 Å². The third-order valence-electron chi connectivity index (χ3n) is 3.27. The highest BCUT2D eigenvalue weighted by molar-refractivity contribution is 5.40. The van der Waals surface area contributed by atoms with Crippen LogP contribution in [0.2, 0.25) is 0 Å². The third-order valence-corrected chi connectivity index (χ3v) is 3.27. The van der Waals surface area contributed by atoms with Crippen LogP contribution in [0.15, 0.2) is 10.9 Å². The molecule has 0 spiro atoms. The Morgan fingerprint density at radius 1 is 1.56 bits per heavy atom. The van der Waals surface area contributed by atoms with Crippen molar-refractivity contribution in [3.8, 4) is 0 Å². The highest BCUT2D eigenvalue weighted by Gasteiger charge is 2.42. The van der Waals surface area contributed by atoms with Gasteiger partial charge in [-0.05, 0) is 25.7 Å². The summed E-state index contributed by atoms with van der Waals surface area (Å²) in [5.41, 5.74) is -0.338. The summed E-state index contributed by atoms with van der Waals surface area (Å²) in [6.45, 7) is 0.0975. The molecule has 16 heavy (non-hydrogen) atoms. The van der Waals surface area contributed by atoms with Gasteiger partial charge >= 0.3 is 0 Å². The Kier molecular flexibility index (Phi) is 2.04. The molecule has 0 aliphatic heterocycles. The number of hydrogen-bond acceptors (Lipinski definition) is 4. The van der Waals surface area contributed by atoms with E-state index in [1.54, 1.807) is 0 Å². The quantitative estimate of drug-likeness (QED) is 0.695. The van der Waals surface area contributed by atoms with Crippen LogP contribution in [0.5, 0.6) is 0 Å². The first-order valence-corrected chi connectivity index (χ1v) is 5.71. The monoisotopic (exact) mass is 221 g/mol. The van der Waals surface area contributed by atoms with Crippen LogP contribution in [0.25, 0.3) is 0 Å². The van der Waals surface area contributed by atoms with Crippen molar-refractivity contribution < 1.29 is 5.11 Å². The van der Waals surface area contributed by atoms with Gasteiger partial charge in [0.15, 0.2) is 0 Å². The molecule has 1 aromatic heterocycles. The Balaban J connectivity index is 1.86. The fourth-order valence-corrected chi connectivity index (χ4v) is 1.84. The van der Waals surface area contributed by atoms with Crippen molar-refractivity contribution in [3.05, 3.63) is 22.2 Å². The molecule has 0 aromatic carbocycles. The molecule has 0 atom stereocenters. The summed E-state index contributed by atoms with van der Waals surface area (Å²) >= 11 is 0. The Bertz CT molecular complexity index is 461. The molecule has 5 heteroatoms. The standard InChI is InChI=1S/C11H15N3O2/c15-6-11(3-4-11)14-8-5-9(16)13-10(12-8)7-1-2-7/h5,7,15H,1-4,6H2,(H2,12,13,14,16). The first-order valence-electron chi connectivity index (χ1n) is 5.71. The lowest BCUT2D eigenvalue weighted by Crippen LogP contribution is -2.27. The maximum Gasteiger partial charge on any atom is 0.252 e. The maximum absolute atomic E-state index is 11.4. The molecule has 0 bridgehead atoms. The van der Waals surface area contributed by atoms with Crippen LogP contribution < -0.4 is 10.9 Å². The molecule has 2 fully saturated rings. The number of nitrogens with zero attached hydrogens (tertiary/aromatic N) is 1. The number of aromatic amines is 1. The summed E-state index contributed by atoms with van der Waals surface area (Å²) in [6.07, 6.45) is 4.10. The van der Waals surface area contributed by atoms with Crippen molar-refractivity contribution in [2.75, 3.05) is 11.9 Å². The lowest BCUT2D eigenvalue weighted by molar-refractivity contribution is 0.266. The summed E-state index contributed by atoms with van der Waals surface area (Å²) in [6, 6.07) is 1.46. The summed E-state index contributed by atoms with van der Waals surface area (Å²) in [5, 5.41) is 12.4. The van der Waals surface area contributed by atoms with Crippen LogP contribution in [0.4, 0.5) is 5.82 Å². The molecular formula is C11H15N3O2. The molecule has 1 heterocycles. The number of rotatable bonds is 4. The lowest BCUT2D eigenvalue weighted by atomic mass is 10.3. The largest absolute Gasteiger partial charge is 0.394 e. The van der Waals surface area contributed by atoms with Gasteiger partial charge in [0.1, 0.15) is 11.6 Å². The molecule has 0 unspecified atom stereocenters. The van der Waals surface area contributed by atoms with Crippen LogP contribution >= 0.6 is 0 Å². The van der Waals surface area contributed by atoms with Gasteiger partial charge in [0.25, 0.3) is 5.56 Å². The minimum absolute atomic E-state index is 0.0975. The van der Waals surface area contributed by atoms with Crippen molar-refractivity contribution in [1.82, 2.24) is 9.97 Å². The highest BCUT2D eigenvalue weighted by atomic mass is 16.3. The zero-order valence-electron chi connectivity index (χ0n) is 8.99. The molecule has 0 radical (unpaired) electrons. The van der Waals surface area contributed by atoms with Gasteiger partial charge in [0, 0.05) is 12.0 Å². The Morgan fingerprint density at radius 3 is 2.88 bits per heavy atom. The predicted molar refractivity (Wildman–Crippen MR) is 59.5 cm³/mol. The normalized spacial score (nSPS) is 21.8.